The van der Waals surface area contributed by atoms with E-state index >= 15 is 0 Å². The summed E-state index contributed by atoms with van der Waals surface area (Å²) < 4.78 is 11.3. The van der Waals surface area contributed by atoms with E-state index in [2.05, 4.69) is 15.8 Å². The number of hydrogen-bond donors (Lipinski definition) is 2. The Morgan fingerprint density at radius 1 is 0.862 bits per heavy atom. The van der Waals surface area contributed by atoms with Gasteiger partial charge in [-0.1, -0.05) is 36.4 Å². The normalized spacial score (nSPS) is 13.7. The molecular formula is C21H20N4O4. The van der Waals surface area contributed by atoms with Crippen LogP contribution >= 0.6 is 0 Å². The van der Waals surface area contributed by atoms with Crippen LogP contribution in [0.15, 0.2) is 65.1 Å². The van der Waals surface area contributed by atoms with Crippen molar-refractivity contribution < 1.29 is 18.7 Å². The fourth-order valence-electron chi connectivity index (χ4n) is 2.98. The predicted molar refractivity (Wildman–Crippen MR) is 106 cm³/mol. The van der Waals surface area contributed by atoms with E-state index in [1.807, 2.05) is 41.3 Å². The van der Waals surface area contributed by atoms with Crippen molar-refractivity contribution in [3.63, 3.8) is 0 Å². The highest BCUT2D eigenvalue weighted by Gasteiger charge is 2.27. The molecule has 1 aliphatic rings. The first kappa shape index (κ1) is 18.7. The zero-order chi connectivity index (χ0) is 20.1. The molecule has 0 spiro atoms. The van der Waals surface area contributed by atoms with E-state index in [0.29, 0.717) is 43.6 Å². The second-order valence-electron chi connectivity index (χ2n) is 6.41. The van der Waals surface area contributed by atoms with Gasteiger partial charge in [0, 0.05) is 24.2 Å². The number of hydrazine groups is 1. The number of aromatic nitrogens is 1. The van der Waals surface area contributed by atoms with Crippen LogP contribution in [0, 0.1) is 0 Å². The van der Waals surface area contributed by atoms with Crippen molar-refractivity contribution in [3.05, 3.63) is 71.9 Å². The molecular weight excluding hydrogens is 372 g/mol. The maximum absolute atomic E-state index is 12.8. The molecule has 0 unspecified atom stereocenters. The fourth-order valence-corrected chi connectivity index (χ4v) is 2.98. The third-order valence-corrected chi connectivity index (χ3v) is 4.47. The quantitative estimate of drug-likeness (QED) is 0.661. The summed E-state index contributed by atoms with van der Waals surface area (Å²) >= 11 is 0. The molecule has 0 aliphatic carbocycles. The summed E-state index contributed by atoms with van der Waals surface area (Å²) in [7, 11) is 0. The highest BCUT2D eigenvalue weighted by Crippen LogP contribution is 2.29. The average molecular weight is 392 g/mol. The van der Waals surface area contributed by atoms with Crippen molar-refractivity contribution in [2.75, 3.05) is 31.2 Å². The number of oxazole rings is 1. The first-order chi connectivity index (χ1) is 14.2. The first-order valence-electron chi connectivity index (χ1n) is 9.27. The summed E-state index contributed by atoms with van der Waals surface area (Å²) in [5, 5.41) is 0. The number of morpholine rings is 1. The first-order valence-corrected chi connectivity index (χ1v) is 9.27. The Labute approximate surface area is 167 Å². The number of nitrogens with one attached hydrogen (secondary N) is 2. The number of rotatable bonds is 4. The van der Waals surface area contributed by atoms with E-state index in [1.54, 1.807) is 24.3 Å². The lowest BCUT2D eigenvalue weighted by Gasteiger charge is -2.26. The van der Waals surface area contributed by atoms with E-state index in [9.17, 15) is 9.59 Å². The van der Waals surface area contributed by atoms with Gasteiger partial charge in [-0.2, -0.15) is 0 Å². The number of benzene rings is 2. The Hall–Kier alpha value is -3.65. The van der Waals surface area contributed by atoms with Gasteiger partial charge in [0.2, 0.25) is 11.8 Å². The monoisotopic (exact) mass is 392 g/mol. The van der Waals surface area contributed by atoms with Gasteiger partial charge in [0.1, 0.15) is 0 Å². The molecule has 0 saturated carbocycles. The minimum absolute atomic E-state index is 0.110. The van der Waals surface area contributed by atoms with Gasteiger partial charge in [-0.3, -0.25) is 20.4 Å². The van der Waals surface area contributed by atoms with Crippen LogP contribution in [0.2, 0.25) is 0 Å². The number of nitrogens with zero attached hydrogens (tertiary/aromatic N) is 2. The Bertz CT molecular complexity index is 982. The second kappa shape index (κ2) is 8.57. The molecule has 0 atom stereocenters. The molecule has 3 aromatic rings. The van der Waals surface area contributed by atoms with Gasteiger partial charge in [0.05, 0.1) is 13.2 Å². The zero-order valence-electron chi connectivity index (χ0n) is 15.6. The maximum atomic E-state index is 12.8. The van der Waals surface area contributed by atoms with Crippen molar-refractivity contribution >= 4 is 17.7 Å². The van der Waals surface area contributed by atoms with Gasteiger partial charge in [0.15, 0.2) is 5.69 Å². The van der Waals surface area contributed by atoms with Gasteiger partial charge < -0.3 is 14.1 Å². The molecule has 1 aromatic heterocycles. The smallest absolute Gasteiger partial charge is 0.293 e. The van der Waals surface area contributed by atoms with Crippen LogP contribution in [0.4, 0.5) is 5.88 Å². The lowest BCUT2D eigenvalue weighted by Crippen LogP contribution is -2.43. The van der Waals surface area contributed by atoms with E-state index in [0.717, 1.165) is 5.56 Å². The number of ether oxygens (including phenoxy) is 1. The molecule has 0 bridgehead atoms. The molecule has 29 heavy (non-hydrogen) atoms. The van der Waals surface area contributed by atoms with Crippen molar-refractivity contribution in [3.8, 4) is 11.5 Å². The highest BCUT2D eigenvalue weighted by atomic mass is 16.5. The Balaban J connectivity index is 1.56. The summed E-state index contributed by atoms with van der Waals surface area (Å²) in [4.78, 5) is 31.3. The molecule has 1 aliphatic heterocycles. The van der Waals surface area contributed by atoms with Crippen molar-refractivity contribution in [1.82, 2.24) is 15.8 Å². The topological polar surface area (TPSA) is 96.7 Å². The molecule has 2 amide bonds. The molecule has 1 saturated heterocycles. The van der Waals surface area contributed by atoms with Crippen molar-refractivity contribution in [2.24, 2.45) is 0 Å². The second-order valence-corrected chi connectivity index (χ2v) is 6.41. The molecule has 0 radical (unpaired) electrons. The summed E-state index contributed by atoms with van der Waals surface area (Å²) in [6.45, 7) is 2.24. The van der Waals surface area contributed by atoms with Crippen molar-refractivity contribution in [1.29, 1.82) is 0 Å². The average Bonchev–Trinajstić information content (AvgIpc) is 3.25. The molecule has 2 heterocycles. The summed E-state index contributed by atoms with van der Waals surface area (Å²) in [6.07, 6.45) is 0. The zero-order valence-corrected chi connectivity index (χ0v) is 15.6. The summed E-state index contributed by atoms with van der Waals surface area (Å²) in [5.41, 5.74) is 6.14. The molecule has 2 N–H and O–H groups in total. The molecule has 8 heteroatoms. The van der Waals surface area contributed by atoms with Gasteiger partial charge in [0.25, 0.3) is 11.8 Å². The van der Waals surface area contributed by atoms with Gasteiger partial charge >= 0.3 is 0 Å². The van der Waals surface area contributed by atoms with Crippen LogP contribution in [-0.4, -0.2) is 43.1 Å². The molecule has 2 aromatic carbocycles. The van der Waals surface area contributed by atoms with Crippen molar-refractivity contribution in [2.45, 2.75) is 0 Å². The lowest BCUT2D eigenvalue weighted by atomic mass is 10.2. The minimum atomic E-state index is -0.554. The number of anilines is 1. The summed E-state index contributed by atoms with van der Waals surface area (Å²) in [5.74, 6) is -0.273. The number of amides is 2. The van der Waals surface area contributed by atoms with Crippen LogP contribution < -0.4 is 15.8 Å². The maximum Gasteiger partial charge on any atom is 0.293 e. The molecule has 8 nitrogen and oxygen atoms in total. The van der Waals surface area contributed by atoms with E-state index in [4.69, 9.17) is 9.15 Å². The Kier molecular flexibility index (Phi) is 5.53. The number of carbonyl (C=O) groups excluding carboxylic acids is 2. The molecule has 1 fully saturated rings. The third-order valence-electron chi connectivity index (χ3n) is 4.47. The number of carbonyl (C=O) groups is 2. The summed E-state index contributed by atoms with van der Waals surface area (Å²) in [6, 6.07) is 18.0. The third kappa shape index (κ3) is 4.27. The SMILES string of the molecule is O=C(NNC(=O)c1nc(-c2ccccc2)oc1N1CCOCC1)c1ccccc1. The highest BCUT2D eigenvalue weighted by molar-refractivity contribution is 6.00. The largest absolute Gasteiger partial charge is 0.420 e. The van der Waals surface area contributed by atoms with Gasteiger partial charge in [-0.25, -0.2) is 4.98 Å². The number of hydrogen-bond acceptors (Lipinski definition) is 6. The molecule has 4 rings (SSSR count). The lowest BCUT2D eigenvalue weighted by molar-refractivity contribution is 0.0843. The van der Waals surface area contributed by atoms with Crippen LogP contribution in [0.3, 0.4) is 0 Å². The standard InChI is InChI=1S/C21H20N4O4/c26-18(15-7-3-1-4-8-15)23-24-19(27)17-21(25-11-13-28-14-12-25)29-20(22-17)16-9-5-2-6-10-16/h1-10H,11-14H2,(H,23,26)(H,24,27). The van der Waals surface area contributed by atoms with E-state index in [1.165, 1.54) is 0 Å². The molecule has 148 valence electrons. The predicted octanol–water partition coefficient (Wildman–Crippen LogP) is 2.25. The van der Waals surface area contributed by atoms with Crippen LogP contribution in [0.1, 0.15) is 20.8 Å². The minimum Gasteiger partial charge on any atom is -0.420 e. The van der Waals surface area contributed by atoms with Gasteiger partial charge in [-0.15, -0.1) is 0 Å². The van der Waals surface area contributed by atoms with Gasteiger partial charge in [-0.05, 0) is 24.3 Å². The Morgan fingerprint density at radius 3 is 2.17 bits per heavy atom. The van der Waals surface area contributed by atoms with Crippen LogP contribution in [0.25, 0.3) is 11.5 Å². The van der Waals surface area contributed by atoms with Crippen LogP contribution in [-0.2, 0) is 4.74 Å². The van der Waals surface area contributed by atoms with Crippen LogP contribution in [0.5, 0.6) is 0 Å². The van der Waals surface area contributed by atoms with E-state index < -0.39 is 11.8 Å². The fraction of sp³-hybridized carbons (Fsp3) is 0.190. The van der Waals surface area contributed by atoms with E-state index in [-0.39, 0.29) is 5.69 Å². The Morgan fingerprint density at radius 2 is 1.48 bits per heavy atom.